The zero-order valence-electron chi connectivity index (χ0n) is 18.9. The molecule has 7 heteroatoms. The molecule has 0 bridgehead atoms. The first-order chi connectivity index (χ1) is 14.7. The summed E-state index contributed by atoms with van der Waals surface area (Å²) < 4.78 is 5.07. The van der Waals surface area contributed by atoms with Crippen molar-refractivity contribution >= 4 is 41.3 Å². The van der Waals surface area contributed by atoms with Crippen molar-refractivity contribution in [3.8, 4) is 0 Å². The summed E-state index contributed by atoms with van der Waals surface area (Å²) in [5, 5.41) is 10.3. The van der Waals surface area contributed by atoms with E-state index in [0.29, 0.717) is 19.2 Å². The van der Waals surface area contributed by atoms with Crippen molar-refractivity contribution < 1.29 is 4.74 Å². The minimum atomic E-state index is 0. The van der Waals surface area contributed by atoms with Gasteiger partial charge in [0.15, 0.2) is 5.96 Å². The molecule has 0 aromatic heterocycles. The van der Waals surface area contributed by atoms with Gasteiger partial charge in [-0.3, -0.25) is 0 Å². The van der Waals surface area contributed by atoms with Crippen molar-refractivity contribution in [3.63, 3.8) is 0 Å². The van der Waals surface area contributed by atoms with Gasteiger partial charge in [-0.2, -0.15) is 0 Å². The summed E-state index contributed by atoms with van der Waals surface area (Å²) in [4.78, 5) is 7.24. The molecule has 3 rings (SSSR count). The van der Waals surface area contributed by atoms with Crippen molar-refractivity contribution in [2.75, 3.05) is 50.1 Å². The van der Waals surface area contributed by atoms with Gasteiger partial charge in [0.1, 0.15) is 0 Å². The lowest BCUT2D eigenvalue weighted by Gasteiger charge is -2.20. The molecule has 3 N–H and O–H groups in total. The van der Waals surface area contributed by atoms with Gasteiger partial charge in [-0.1, -0.05) is 29.8 Å². The van der Waals surface area contributed by atoms with Gasteiger partial charge in [0, 0.05) is 50.7 Å². The van der Waals surface area contributed by atoms with Crippen LogP contribution >= 0.6 is 24.0 Å². The maximum atomic E-state index is 5.07. The number of aryl methyl sites for hydroxylation is 1. The summed E-state index contributed by atoms with van der Waals surface area (Å²) in [6.45, 7) is 9.31. The first kappa shape index (κ1) is 25.3. The Bertz CT molecular complexity index is 795. The van der Waals surface area contributed by atoms with E-state index in [1.54, 1.807) is 7.11 Å². The Balaban J connectivity index is 0.00000341. The van der Waals surface area contributed by atoms with E-state index < -0.39 is 0 Å². The fraction of sp³-hybridized carbons (Fsp3) is 0.458. The molecule has 0 spiro atoms. The van der Waals surface area contributed by atoms with Gasteiger partial charge in [-0.15, -0.1) is 24.0 Å². The molecule has 1 fully saturated rings. The first-order valence-corrected chi connectivity index (χ1v) is 10.9. The summed E-state index contributed by atoms with van der Waals surface area (Å²) >= 11 is 0. The zero-order chi connectivity index (χ0) is 21.2. The lowest BCUT2D eigenvalue weighted by atomic mass is 10.2. The number of halogens is 1. The molecule has 2 aromatic carbocycles. The highest BCUT2D eigenvalue weighted by Gasteiger charge is 2.23. The summed E-state index contributed by atoms with van der Waals surface area (Å²) in [5.41, 5.74) is 4.89. The fourth-order valence-corrected chi connectivity index (χ4v) is 3.58. The smallest absolute Gasteiger partial charge is 0.191 e. The van der Waals surface area contributed by atoms with Gasteiger partial charge in [0.25, 0.3) is 0 Å². The predicted molar refractivity (Wildman–Crippen MR) is 142 cm³/mol. The predicted octanol–water partition coefficient (Wildman–Crippen LogP) is 4.01. The number of methoxy groups -OCH3 is 1. The average Bonchev–Trinajstić information content (AvgIpc) is 3.22. The van der Waals surface area contributed by atoms with E-state index in [1.807, 2.05) is 0 Å². The van der Waals surface area contributed by atoms with Gasteiger partial charge in [-0.25, -0.2) is 4.99 Å². The normalized spacial score (nSPS) is 16.0. The molecule has 2 aromatic rings. The number of anilines is 2. The molecule has 1 unspecified atom stereocenters. The minimum Gasteiger partial charge on any atom is -0.383 e. The number of hydrogen-bond donors (Lipinski definition) is 3. The largest absolute Gasteiger partial charge is 0.383 e. The molecule has 1 heterocycles. The van der Waals surface area contributed by atoms with Crippen molar-refractivity contribution in [2.45, 2.75) is 32.9 Å². The zero-order valence-corrected chi connectivity index (χ0v) is 21.2. The molecule has 1 atom stereocenters. The van der Waals surface area contributed by atoms with Crippen LogP contribution in [0.15, 0.2) is 53.5 Å². The maximum absolute atomic E-state index is 5.07. The molecular formula is C24H36IN5O. The number of benzene rings is 2. The third-order valence-corrected chi connectivity index (χ3v) is 5.28. The van der Waals surface area contributed by atoms with E-state index in [1.165, 1.54) is 16.8 Å². The van der Waals surface area contributed by atoms with Gasteiger partial charge in [0.2, 0.25) is 0 Å². The lowest BCUT2D eigenvalue weighted by Crippen LogP contribution is -2.44. The van der Waals surface area contributed by atoms with Gasteiger partial charge >= 0.3 is 0 Å². The number of rotatable bonds is 9. The van der Waals surface area contributed by atoms with E-state index >= 15 is 0 Å². The Hall–Kier alpha value is -2.00. The number of guanidine groups is 1. The molecule has 0 amide bonds. The Kier molecular flexibility index (Phi) is 10.9. The highest BCUT2D eigenvalue weighted by molar-refractivity contribution is 14.0. The third kappa shape index (κ3) is 8.22. The first-order valence-electron chi connectivity index (χ1n) is 10.9. The van der Waals surface area contributed by atoms with Crippen molar-refractivity contribution in [2.24, 2.45) is 4.99 Å². The fourth-order valence-electron chi connectivity index (χ4n) is 3.58. The van der Waals surface area contributed by atoms with Crippen LogP contribution in [0.1, 0.15) is 24.5 Å². The Labute approximate surface area is 203 Å². The van der Waals surface area contributed by atoms with E-state index in [-0.39, 0.29) is 24.0 Å². The molecule has 6 nitrogen and oxygen atoms in total. The highest BCUT2D eigenvalue weighted by Crippen LogP contribution is 2.20. The van der Waals surface area contributed by atoms with Crippen LogP contribution in [-0.2, 0) is 11.3 Å². The van der Waals surface area contributed by atoms with E-state index in [4.69, 9.17) is 9.73 Å². The van der Waals surface area contributed by atoms with Crippen LogP contribution in [0.5, 0.6) is 0 Å². The maximum Gasteiger partial charge on any atom is 0.191 e. The standard InChI is InChI=1S/C24H35N5O.HI/c1-4-25-24(27-17-20-7-9-21(10-8-20)26-14-16-30-3)28-22-13-15-29(18-22)23-11-5-19(2)6-12-23;/h5-12,22,26H,4,13-18H2,1-3H3,(H2,25,27,28);1H. The lowest BCUT2D eigenvalue weighted by molar-refractivity contribution is 0.211. The summed E-state index contributed by atoms with van der Waals surface area (Å²) in [7, 11) is 1.71. The molecule has 0 radical (unpaired) electrons. The molecule has 31 heavy (non-hydrogen) atoms. The molecule has 1 saturated heterocycles. The van der Waals surface area contributed by atoms with Crippen LogP contribution in [0.3, 0.4) is 0 Å². The SMILES string of the molecule is CCNC(=NCc1ccc(NCCOC)cc1)NC1CCN(c2ccc(C)cc2)C1.I. The topological polar surface area (TPSA) is 60.9 Å². The van der Waals surface area contributed by atoms with Crippen LogP contribution < -0.4 is 20.9 Å². The van der Waals surface area contributed by atoms with E-state index in [0.717, 1.165) is 44.2 Å². The van der Waals surface area contributed by atoms with Gasteiger partial charge in [-0.05, 0) is 50.1 Å². The summed E-state index contributed by atoms with van der Waals surface area (Å²) in [5.74, 6) is 0.885. The number of aliphatic imine (C=N–C) groups is 1. The molecule has 1 aliphatic rings. The van der Waals surface area contributed by atoms with Crippen molar-refractivity contribution in [3.05, 3.63) is 59.7 Å². The second-order valence-electron chi connectivity index (χ2n) is 7.72. The molecule has 1 aliphatic heterocycles. The van der Waals surface area contributed by atoms with Crippen LogP contribution in [0.2, 0.25) is 0 Å². The third-order valence-electron chi connectivity index (χ3n) is 5.28. The molecule has 0 aliphatic carbocycles. The molecule has 170 valence electrons. The van der Waals surface area contributed by atoms with Crippen LogP contribution in [-0.4, -0.2) is 51.9 Å². The minimum absolute atomic E-state index is 0. The Morgan fingerprint density at radius 1 is 1.13 bits per heavy atom. The summed E-state index contributed by atoms with van der Waals surface area (Å²) in [6, 6.07) is 17.6. The molecular weight excluding hydrogens is 501 g/mol. The number of nitrogens with zero attached hydrogens (tertiary/aromatic N) is 2. The van der Waals surface area contributed by atoms with Crippen LogP contribution in [0, 0.1) is 6.92 Å². The number of ether oxygens (including phenoxy) is 1. The Morgan fingerprint density at radius 3 is 2.55 bits per heavy atom. The van der Waals surface area contributed by atoms with Crippen LogP contribution in [0.25, 0.3) is 0 Å². The van der Waals surface area contributed by atoms with Crippen molar-refractivity contribution in [1.82, 2.24) is 10.6 Å². The van der Waals surface area contributed by atoms with E-state index in [9.17, 15) is 0 Å². The van der Waals surface area contributed by atoms with E-state index in [2.05, 4.69) is 83.2 Å². The van der Waals surface area contributed by atoms with Gasteiger partial charge in [0.05, 0.1) is 13.2 Å². The quantitative estimate of drug-likeness (QED) is 0.195. The highest BCUT2D eigenvalue weighted by atomic mass is 127. The number of hydrogen-bond acceptors (Lipinski definition) is 4. The Morgan fingerprint density at radius 2 is 1.87 bits per heavy atom. The second kappa shape index (κ2) is 13.4. The monoisotopic (exact) mass is 537 g/mol. The summed E-state index contributed by atoms with van der Waals surface area (Å²) in [6.07, 6.45) is 1.11. The molecule has 0 saturated carbocycles. The van der Waals surface area contributed by atoms with Crippen molar-refractivity contribution in [1.29, 1.82) is 0 Å². The van der Waals surface area contributed by atoms with Gasteiger partial charge < -0.3 is 25.6 Å². The average molecular weight is 537 g/mol. The van der Waals surface area contributed by atoms with Crippen LogP contribution in [0.4, 0.5) is 11.4 Å². The number of nitrogens with one attached hydrogen (secondary N) is 3. The second-order valence-corrected chi connectivity index (χ2v) is 7.72.